The van der Waals surface area contributed by atoms with Gasteiger partial charge in [0.15, 0.2) is 5.65 Å². The summed E-state index contributed by atoms with van der Waals surface area (Å²) in [6.45, 7) is 4.40. The number of aromatic hydroxyl groups is 1. The van der Waals surface area contributed by atoms with Crippen LogP contribution in [-0.4, -0.2) is 81.9 Å². The number of hydrogen-bond acceptors (Lipinski definition) is 11. The molecule has 0 radical (unpaired) electrons. The number of carbonyl (C=O) groups excluding carboxylic acids is 1. The van der Waals surface area contributed by atoms with Crippen LogP contribution < -0.4 is 11.3 Å². The number of morpholine rings is 1. The van der Waals surface area contributed by atoms with Gasteiger partial charge in [-0.25, -0.2) is 19.6 Å². The number of benzene rings is 2. The Morgan fingerprint density at radius 2 is 1.90 bits per heavy atom. The number of phenolic OH excluding ortho intramolecular Hbond substituents is 1. The van der Waals surface area contributed by atoms with Gasteiger partial charge < -0.3 is 25.5 Å². The van der Waals surface area contributed by atoms with Gasteiger partial charge >= 0.3 is 0 Å². The molecule has 0 saturated carbocycles. The van der Waals surface area contributed by atoms with Crippen LogP contribution in [0, 0.1) is 18.8 Å². The highest BCUT2D eigenvalue weighted by Gasteiger charge is 2.26. The fourth-order valence-corrected chi connectivity index (χ4v) is 6.18. The van der Waals surface area contributed by atoms with Crippen LogP contribution in [0.4, 0.5) is 5.82 Å². The Kier molecular flexibility index (Phi) is 9.13. The number of amides is 1. The fourth-order valence-electron chi connectivity index (χ4n) is 6.18. The summed E-state index contributed by atoms with van der Waals surface area (Å²) >= 11 is 0. The molecule has 14 heteroatoms. The molecule has 4 aromatic heterocycles. The summed E-state index contributed by atoms with van der Waals surface area (Å²) in [5.41, 5.74) is 9.87. The number of aryl methyl sites for hydroxylation is 1. The van der Waals surface area contributed by atoms with Crippen molar-refractivity contribution in [2.75, 3.05) is 32.0 Å². The lowest BCUT2D eigenvalue weighted by Gasteiger charge is -2.26. The second kappa shape index (κ2) is 14.1. The van der Waals surface area contributed by atoms with Gasteiger partial charge in [0.1, 0.15) is 29.4 Å². The smallest absolute Gasteiger partial charge is 0.260 e. The third-order valence-electron chi connectivity index (χ3n) is 8.64. The zero-order valence-electron chi connectivity index (χ0n) is 27.3. The van der Waals surface area contributed by atoms with Crippen LogP contribution in [-0.2, 0) is 16.1 Å². The molecule has 0 aliphatic carbocycles. The molecule has 6 aromatic rings. The van der Waals surface area contributed by atoms with E-state index < -0.39 is 5.92 Å². The molecule has 14 nitrogen and oxygen atoms in total. The first-order valence-corrected chi connectivity index (χ1v) is 16.3. The van der Waals surface area contributed by atoms with Gasteiger partial charge in [-0.05, 0) is 37.6 Å². The van der Waals surface area contributed by atoms with Crippen molar-refractivity contribution in [3.8, 4) is 28.8 Å². The molecule has 1 fully saturated rings. The Bertz CT molecular complexity index is 2340. The van der Waals surface area contributed by atoms with E-state index in [-0.39, 0.29) is 29.6 Å². The minimum atomic E-state index is -0.601. The summed E-state index contributed by atoms with van der Waals surface area (Å²) in [6.07, 6.45) is 6.12. The predicted molar refractivity (Wildman–Crippen MR) is 186 cm³/mol. The topological polar surface area (TPSA) is 191 Å². The van der Waals surface area contributed by atoms with E-state index >= 15 is 0 Å². The van der Waals surface area contributed by atoms with Crippen LogP contribution in [0.1, 0.15) is 48.0 Å². The lowest BCUT2D eigenvalue weighted by Crippen LogP contribution is -2.40. The molecular weight excluding hydrogens is 636 g/mol. The largest absolute Gasteiger partial charge is 0.508 e. The van der Waals surface area contributed by atoms with Crippen molar-refractivity contribution in [2.45, 2.75) is 38.6 Å². The normalized spacial score (nSPS) is 13.7. The van der Waals surface area contributed by atoms with Crippen LogP contribution >= 0.6 is 0 Å². The molecule has 0 spiro atoms. The maximum absolute atomic E-state index is 13.8. The van der Waals surface area contributed by atoms with Crippen molar-refractivity contribution in [2.24, 2.45) is 0 Å². The van der Waals surface area contributed by atoms with E-state index in [0.717, 1.165) is 0 Å². The van der Waals surface area contributed by atoms with Gasteiger partial charge in [-0.3, -0.25) is 19.6 Å². The molecule has 1 unspecified atom stereocenters. The standard InChI is InChI=1S/C36H34N10O4/c1-22-31(39-14-13-38-22)26(20-46-35-30(33(37)40-21-41-35)32(44-46)24-9-5-10-25(47)19-24)34-42-27-11-6-8-23(29(27)36(49)43-34)7-3-2-4-12-28(48)45-15-17-50-18-16-45/h5-6,8-11,13-14,19,21,26,47H,2,4,12,15-18,20H2,1H3,(H2,37,40,41)(H,42,43,49). The Morgan fingerprint density at radius 1 is 1.08 bits per heavy atom. The minimum Gasteiger partial charge on any atom is -0.508 e. The maximum Gasteiger partial charge on any atom is 0.260 e. The van der Waals surface area contributed by atoms with Gasteiger partial charge in [0.05, 0.1) is 53.4 Å². The number of nitrogens with one attached hydrogen (secondary N) is 1. The van der Waals surface area contributed by atoms with Crippen molar-refractivity contribution in [3.05, 3.63) is 94.3 Å². The summed E-state index contributed by atoms with van der Waals surface area (Å²) in [5, 5.41) is 16.0. The number of nitrogens with two attached hydrogens (primary N) is 1. The molecule has 7 rings (SSSR count). The second-order valence-electron chi connectivity index (χ2n) is 11.9. The van der Waals surface area contributed by atoms with Gasteiger partial charge in [0.2, 0.25) is 5.91 Å². The Labute approximate surface area is 286 Å². The molecule has 5 heterocycles. The lowest BCUT2D eigenvalue weighted by atomic mass is 10.0. The number of anilines is 1. The van der Waals surface area contributed by atoms with Crippen molar-refractivity contribution >= 4 is 33.7 Å². The van der Waals surface area contributed by atoms with Gasteiger partial charge in [-0.2, -0.15) is 5.10 Å². The van der Waals surface area contributed by atoms with Crippen molar-refractivity contribution < 1.29 is 14.6 Å². The Hall–Kier alpha value is -6.20. The van der Waals surface area contributed by atoms with Crippen molar-refractivity contribution in [3.63, 3.8) is 0 Å². The number of fused-ring (bicyclic) bond motifs is 2. The molecule has 1 aliphatic heterocycles. The number of H-pyrrole nitrogens is 1. The SMILES string of the molecule is Cc1nccnc1C(Cn1nc(-c2cccc(O)c2)c2c(N)ncnc21)c1nc2cccc(C#CCCCC(=O)N3CCOCC3)c2c(=O)[nH]1. The first kappa shape index (κ1) is 32.4. The molecule has 1 atom stereocenters. The van der Waals surface area contributed by atoms with Crippen LogP contribution in [0.2, 0.25) is 0 Å². The van der Waals surface area contributed by atoms with Gasteiger partial charge in [-0.1, -0.05) is 30.0 Å². The molecule has 4 N–H and O–H groups in total. The summed E-state index contributed by atoms with van der Waals surface area (Å²) in [7, 11) is 0. The average Bonchev–Trinajstić information content (AvgIpc) is 3.50. The lowest BCUT2D eigenvalue weighted by molar-refractivity contribution is -0.135. The number of hydrogen-bond donors (Lipinski definition) is 3. The number of phenols is 1. The molecule has 2 aromatic carbocycles. The van der Waals surface area contributed by atoms with E-state index in [0.29, 0.717) is 102 Å². The third kappa shape index (κ3) is 6.58. The molecule has 1 aliphatic rings. The number of aromatic nitrogens is 8. The molecule has 0 bridgehead atoms. The minimum absolute atomic E-state index is 0.0783. The monoisotopic (exact) mass is 670 g/mol. The summed E-state index contributed by atoms with van der Waals surface area (Å²) < 4.78 is 7.01. The second-order valence-corrected chi connectivity index (χ2v) is 11.9. The number of carbonyl (C=O) groups is 1. The van der Waals surface area contributed by atoms with Crippen LogP contribution in [0.3, 0.4) is 0 Å². The maximum atomic E-state index is 13.8. The zero-order chi connectivity index (χ0) is 34.6. The highest BCUT2D eigenvalue weighted by molar-refractivity contribution is 5.98. The van der Waals surface area contributed by atoms with E-state index in [9.17, 15) is 14.7 Å². The number of nitrogens with zero attached hydrogens (tertiary/aromatic N) is 8. The number of ether oxygens (including phenoxy) is 1. The van der Waals surface area contributed by atoms with Crippen LogP contribution in [0.5, 0.6) is 5.75 Å². The molecular formula is C36H34N10O4. The van der Waals surface area contributed by atoms with Crippen molar-refractivity contribution in [1.29, 1.82) is 0 Å². The quantitative estimate of drug-likeness (QED) is 0.159. The highest BCUT2D eigenvalue weighted by atomic mass is 16.5. The predicted octanol–water partition coefficient (Wildman–Crippen LogP) is 3.33. The van der Waals surface area contributed by atoms with Gasteiger partial charge in [-0.15, -0.1) is 0 Å². The number of nitrogen functional groups attached to an aromatic ring is 1. The van der Waals surface area contributed by atoms with Gasteiger partial charge in [0.25, 0.3) is 5.56 Å². The Morgan fingerprint density at radius 3 is 2.72 bits per heavy atom. The molecule has 1 amide bonds. The first-order chi connectivity index (χ1) is 24.4. The Balaban J connectivity index is 1.22. The molecule has 50 heavy (non-hydrogen) atoms. The number of unbranched alkanes of at least 4 members (excludes halogenated alkanes) is 1. The third-order valence-corrected chi connectivity index (χ3v) is 8.64. The van der Waals surface area contributed by atoms with Crippen LogP contribution in [0.25, 0.3) is 33.2 Å². The van der Waals surface area contributed by atoms with E-state index in [1.807, 2.05) is 24.0 Å². The van der Waals surface area contributed by atoms with E-state index in [4.69, 9.17) is 20.6 Å². The summed E-state index contributed by atoms with van der Waals surface area (Å²) in [6, 6.07) is 12.1. The van der Waals surface area contributed by atoms with Crippen molar-refractivity contribution in [1.82, 2.24) is 44.6 Å². The molecule has 1 saturated heterocycles. The van der Waals surface area contributed by atoms with E-state index in [1.54, 1.807) is 47.4 Å². The van der Waals surface area contributed by atoms with Gasteiger partial charge in [0, 0.05) is 49.5 Å². The molecule has 252 valence electrons. The summed E-state index contributed by atoms with van der Waals surface area (Å²) in [5.74, 6) is 6.44. The zero-order valence-corrected chi connectivity index (χ0v) is 27.3. The van der Waals surface area contributed by atoms with E-state index in [2.05, 4.69) is 36.8 Å². The highest BCUT2D eigenvalue weighted by Crippen LogP contribution is 2.33. The first-order valence-electron chi connectivity index (χ1n) is 16.3. The van der Waals surface area contributed by atoms with Crippen LogP contribution in [0.15, 0.2) is 66.0 Å². The number of rotatable bonds is 8. The van der Waals surface area contributed by atoms with E-state index in [1.165, 1.54) is 6.33 Å². The number of aromatic amines is 1. The average molecular weight is 671 g/mol. The summed E-state index contributed by atoms with van der Waals surface area (Å²) in [4.78, 5) is 53.8. The fraction of sp³-hybridized carbons (Fsp3) is 0.278.